The molecule has 4 nitrogen and oxygen atoms in total. The van der Waals surface area contributed by atoms with Crippen molar-refractivity contribution in [3.63, 3.8) is 0 Å². The Hall–Kier alpha value is -1.73. The minimum atomic E-state index is -0.309. The van der Waals surface area contributed by atoms with E-state index in [2.05, 4.69) is 11.4 Å². The van der Waals surface area contributed by atoms with Gasteiger partial charge in [-0.1, -0.05) is 0 Å². The number of fused-ring (bicyclic) bond motifs is 1. The first kappa shape index (κ1) is 10.8. The van der Waals surface area contributed by atoms with Crippen LogP contribution in [0.4, 0.5) is 0 Å². The number of ether oxygens (including phenoxy) is 2. The van der Waals surface area contributed by atoms with Crippen LogP contribution in [0.25, 0.3) is 0 Å². The molecule has 1 heterocycles. The van der Waals surface area contributed by atoms with E-state index in [9.17, 15) is 0 Å². The minimum absolute atomic E-state index is 0.309. The van der Waals surface area contributed by atoms with Crippen LogP contribution in [0.2, 0.25) is 0 Å². The summed E-state index contributed by atoms with van der Waals surface area (Å²) < 4.78 is 11.0. The van der Waals surface area contributed by atoms with E-state index in [1.165, 1.54) is 0 Å². The molecule has 1 aromatic carbocycles. The Bertz CT molecular complexity index is 437. The van der Waals surface area contributed by atoms with Crippen LogP contribution >= 0.6 is 0 Å². The largest absolute Gasteiger partial charge is 0.486 e. The zero-order valence-electron chi connectivity index (χ0n) is 9.41. The third-order valence-corrected chi connectivity index (χ3v) is 2.66. The molecule has 1 aromatic rings. The lowest BCUT2D eigenvalue weighted by atomic mass is 10.0. The molecule has 0 fully saturated rings. The third kappa shape index (κ3) is 1.82. The molecule has 0 aliphatic carbocycles. The number of benzene rings is 1. The summed E-state index contributed by atoms with van der Waals surface area (Å²) in [6.07, 6.45) is 0. The summed E-state index contributed by atoms with van der Waals surface area (Å²) in [5.74, 6) is 1.49. The average molecular weight is 218 g/mol. The SMILES string of the molecule is CNC(C#N)c1cc2c(cc1C)OCCO2. The number of aryl methyl sites for hydroxylation is 1. The molecule has 2 rings (SSSR count). The van der Waals surface area contributed by atoms with Crippen LogP contribution in [-0.4, -0.2) is 20.3 Å². The maximum Gasteiger partial charge on any atom is 0.161 e. The van der Waals surface area contributed by atoms with Crippen molar-refractivity contribution in [1.29, 1.82) is 5.26 Å². The molecule has 0 radical (unpaired) electrons. The average Bonchev–Trinajstić information content (AvgIpc) is 2.31. The van der Waals surface area contributed by atoms with Gasteiger partial charge in [0.15, 0.2) is 11.5 Å². The Balaban J connectivity index is 2.43. The van der Waals surface area contributed by atoms with Crippen molar-refractivity contribution >= 4 is 0 Å². The molecule has 1 aliphatic heterocycles. The molecule has 1 unspecified atom stereocenters. The second-order valence-corrected chi connectivity index (χ2v) is 3.70. The molecule has 0 bridgehead atoms. The van der Waals surface area contributed by atoms with Gasteiger partial charge in [-0.15, -0.1) is 0 Å². The minimum Gasteiger partial charge on any atom is -0.486 e. The van der Waals surface area contributed by atoms with Crippen LogP contribution in [0.3, 0.4) is 0 Å². The van der Waals surface area contributed by atoms with Gasteiger partial charge in [0.25, 0.3) is 0 Å². The standard InChI is InChI=1S/C12H14N2O2/c1-8-5-11-12(16-4-3-15-11)6-9(8)10(7-13)14-2/h5-6,10,14H,3-4H2,1-2H3. The molecule has 0 aromatic heterocycles. The molecular weight excluding hydrogens is 204 g/mol. The van der Waals surface area contributed by atoms with Gasteiger partial charge in [0.2, 0.25) is 0 Å². The molecule has 1 atom stereocenters. The smallest absolute Gasteiger partial charge is 0.161 e. The number of rotatable bonds is 2. The fraction of sp³-hybridized carbons (Fsp3) is 0.417. The van der Waals surface area contributed by atoms with Gasteiger partial charge in [-0.2, -0.15) is 5.26 Å². The van der Waals surface area contributed by atoms with E-state index in [0.29, 0.717) is 13.2 Å². The first-order valence-corrected chi connectivity index (χ1v) is 5.23. The third-order valence-electron chi connectivity index (χ3n) is 2.66. The predicted octanol–water partition coefficient (Wildman–Crippen LogP) is 1.55. The highest BCUT2D eigenvalue weighted by molar-refractivity contribution is 5.49. The lowest BCUT2D eigenvalue weighted by Crippen LogP contribution is -2.18. The Morgan fingerprint density at radius 3 is 2.50 bits per heavy atom. The fourth-order valence-electron chi connectivity index (χ4n) is 1.81. The van der Waals surface area contributed by atoms with Crippen molar-refractivity contribution in [1.82, 2.24) is 5.32 Å². The van der Waals surface area contributed by atoms with Crippen LogP contribution in [-0.2, 0) is 0 Å². The Labute approximate surface area is 94.8 Å². The van der Waals surface area contributed by atoms with E-state index in [1.54, 1.807) is 7.05 Å². The Morgan fingerprint density at radius 1 is 1.31 bits per heavy atom. The van der Waals surface area contributed by atoms with Crippen molar-refractivity contribution in [3.05, 3.63) is 23.3 Å². The molecule has 0 saturated carbocycles. The number of hydrogen-bond acceptors (Lipinski definition) is 4. The van der Waals surface area contributed by atoms with E-state index in [-0.39, 0.29) is 6.04 Å². The quantitative estimate of drug-likeness (QED) is 0.818. The highest BCUT2D eigenvalue weighted by atomic mass is 16.6. The topological polar surface area (TPSA) is 54.3 Å². The highest BCUT2D eigenvalue weighted by Crippen LogP contribution is 2.34. The van der Waals surface area contributed by atoms with E-state index in [0.717, 1.165) is 22.6 Å². The summed E-state index contributed by atoms with van der Waals surface area (Å²) in [5, 5.41) is 12.0. The maximum atomic E-state index is 9.02. The second kappa shape index (κ2) is 4.42. The van der Waals surface area contributed by atoms with E-state index < -0.39 is 0 Å². The first-order valence-electron chi connectivity index (χ1n) is 5.23. The second-order valence-electron chi connectivity index (χ2n) is 3.70. The highest BCUT2D eigenvalue weighted by Gasteiger charge is 2.18. The van der Waals surface area contributed by atoms with Crippen LogP contribution in [0.5, 0.6) is 11.5 Å². The Morgan fingerprint density at radius 2 is 1.94 bits per heavy atom. The van der Waals surface area contributed by atoms with E-state index >= 15 is 0 Å². The molecule has 0 spiro atoms. The van der Waals surface area contributed by atoms with Crippen molar-refractivity contribution in [2.75, 3.05) is 20.3 Å². The maximum absolute atomic E-state index is 9.02. The van der Waals surface area contributed by atoms with Gasteiger partial charge in [0.05, 0.1) is 6.07 Å². The molecule has 0 amide bonds. The van der Waals surface area contributed by atoms with Crippen LogP contribution < -0.4 is 14.8 Å². The summed E-state index contributed by atoms with van der Waals surface area (Å²) in [4.78, 5) is 0. The summed E-state index contributed by atoms with van der Waals surface area (Å²) in [6.45, 7) is 3.11. The number of nitrogens with zero attached hydrogens (tertiary/aromatic N) is 1. The summed E-state index contributed by atoms with van der Waals surface area (Å²) in [6, 6.07) is 5.70. The summed E-state index contributed by atoms with van der Waals surface area (Å²) >= 11 is 0. The van der Waals surface area contributed by atoms with E-state index in [1.807, 2.05) is 19.1 Å². The predicted molar refractivity (Wildman–Crippen MR) is 59.6 cm³/mol. The van der Waals surface area contributed by atoms with Gasteiger partial charge in [0.1, 0.15) is 19.3 Å². The van der Waals surface area contributed by atoms with Crippen molar-refractivity contribution < 1.29 is 9.47 Å². The number of nitrogens with one attached hydrogen (secondary N) is 1. The van der Waals surface area contributed by atoms with Crippen molar-refractivity contribution in [3.8, 4) is 17.6 Å². The van der Waals surface area contributed by atoms with Gasteiger partial charge >= 0.3 is 0 Å². The van der Waals surface area contributed by atoms with Crippen molar-refractivity contribution in [2.45, 2.75) is 13.0 Å². The molecule has 1 aliphatic rings. The molecule has 4 heteroatoms. The Kier molecular flexibility index (Phi) is 2.97. The van der Waals surface area contributed by atoms with Crippen LogP contribution in [0.15, 0.2) is 12.1 Å². The molecule has 84 valence electrons. The van der Waals surface area contributed by atoms with Gasteiger partial charge in [-0.25, -0.2) is 0 Å². The number of hydrogen-bond donors (Lipinski definition) is 1. The summed E-state index contributed by atoms with van der Waals surface area (Å²) in [7, 11) is 1.77. The van der Waals surface area contributed by atoms with Gasteiger partial charge in [0, 0.05) is 0 Å². The monoisotopic (exact) mass is 218 g/mol. The van der Waals surface area contributed by atoms with E-state index in [4.69, 9.17) is 14.7 Å². The molecular formula is C12H14N2O2. The zero-order valence-corrected chi connectivity index (χ0v) is 9.41. The normalized spacial score (nSPS) is 15.3. The van der Waals surface area contributed by atoms with Crippen LogP contribution in [0.1, 0.15) is 17.2 Å². The zero-order chi connectivity index (χ0) is 11.5. The number of nitriles is 1. The lowest BCUT2D eigenvalue weighted by Gasteiger charge is -2.21. The van der Waals surface area contributed by atoms with Crippen LogP contribution in [0, 0.1) is 18.3 Å². The van der Waals surface area contributed by atoms with Gasteiger partial charge in [-0.3, -0.25) is 0 Å². The molecule has 16 heavy (non-hydrogen) atoms. The first-order chi connectivity index (χ1) is 7.76. The van der Waals surface area contributed by atoms with Gasteiger partial charge < -0.3 is 14.8 Å². The van der Waals surface area contributed by atoms with Gasteiger partial charge in [-0.05, 0) is 37.2 Å². The lowest BCUT2D eigenvalue weighted by molar-refractivity contribution is 0.171. The molecule has 1 N–H and O–H groups in total. The fourth-order valence-corrected chi connectivity index (χ4v) is 1.81. The molecule has 0 saturated heterocycles. The van der Waals surface area contributed by atoms with Crippen molar-refractivity contribution in [2.24, 2.45) is 0 Å². The summed E-state index contributed by atoms with van der Waals surface area (Å²) in [5.41, 5.74) is 1.97.